The van der Waals surface area contributed by atoms with E-state index in [0.29, 0.717) is 5.69 Å². The fourth-order valence-corrected chi connectivity index (χ4v) is 2.07. The number of nitrogens with one attached hydrogen (secondary N) is 1. The van der Waals surface area contributed by atoms with Crippen molar-refractivity contribution in [2.24, 2.45) is 0 Å². The SMILES string of the molecule is Cc1cc([N+](=O)[O-])nn1C(C)C(=O)Nc1ccccc1OC(F)F. The van der Waals surface area contributed by atoms with Crippen LogP contribution >= 0.6 is 0 Å². The minimum Gasteiger partial charge on any atom is -0.433 e. The highest BCUT2D eigenvalue weighted by Gasteiger charge is 2.25. The highest BCUT2D eigenvalue weighted by Crippen LogP contribution is 2.26. The van der Waals surface area contributed by atoms with Crippen LogP contribution in [0.3, 0.4) is 0 Å². The van der Waals surface area contributed by atoms with Gasteiger partial charge in [-0.2, -0.15) is 13.5 Å². The number of rotatable bonds is 6. The van der Waals surface area contributed by atoms with Crippen molar-refractivity contribution in [2.45, 2.75) is 26.5 Å². The summed E-state index contributed by atoms with van der Waals surface area (Å²) < 4.78 is 30.3. The Labute approximate surface area is 135 Å². The molecule has 1 aromatic carbocycles. The minimum absolute atomic E-state index is 0.0639. The number of alkyl halides is 2. The second kappa shape index (κ2) is 7.02. The first-order chi connectivity index (χ1) is 11.3. The fourth-order valence-electron chi connectivity index (χ4n) is 2.07. The van der Waals surface area contributed by atoms with Gasteiger partial charge in [-0.15, -0.1) is 0 Å². The molecule has 0 bridgehead atoms. The summed E-state index contributed by atoms with van der Waals surface area (Å²) in [6.45, 7) is 0.0179. The van der Waals surface area contributed by atoms with E-state index in [1.165, 1.54) is 35.9 Å². The summed E-state index contributed by atoms with van der Waals surface area (Å²) >= 11 is 0. The van der Waals surface area contributed by atoms with E-state index in [1.807, 2.05) is 0 Å². The quantitative estimate of drug-likeness (QED) is 0.644. The van der Waals surface area contributed by atoms with Gasteiger partial charge in [-0.25, -0.2) is 0 Å². The van der Waals surface area contributed by atoms with Crippen LogP contribution in [0.2, 0.25) is 0 Å². The molecular weight excluding hydrogens is 326 g/mol. The second-order valence-corrected chi connectivity index (χ2v) is 4.89. The lowest BCUT2D eigenvalue weighted by atomic mass is 10.2. The highest BCUT2D eigenvalue weighted by molar-refractivity contribution is 5.94. The molecule has 1 unspecified atom stereocenters. The molecule has 0 saturated carbocycles. The average molecular weight is 340 g/mol. The molecule has 0 aliphatic heterocycles. The van der Waals surface area contributed by atoms with Crippen molar-refractivity contribution >= 4 is 17.4 Å². The Bertz CT molecular complexity index is 763. The van der Waals surface area contributed by atoms with Gasteiger partial charge in [0.25, 0.3) is 5.91 Å². The number of anilines is 1. The first kappa shape index (κ1) is 17.3. The lowest BCUT2D eigenvalue weighted by molar-refractivity contribution is -0.389. The monoisotopic (exact) mass is 340 g/mol. The Balaban J connectivity index is 2.19. The molecule has 1 amide bonds. The largest absolute Gasteiger partial charge is 0.433 e. The number of hydrogen-bond acceptors (Lipinski definition) is 5. The van der Waals surface area contributed by atoms with E-state index in [-0.39, 0.29) is 17.3 Å². The van der Waals surface area contributed by atoms with E-state index in [0.717, 1.165) is 0 Å². The molecule has 1 atom stereocenters. The highest BCUT2D eigenvalue weighted by atomic mass is 19.3. The third-order valence-corrected chi connectivity index (χ3v) is 3.20. The molecule has 1 heterocycles. The van der Waals surface area contributed by atoms with Crippen LogP contribution in [0.1, 0.15) is 18.7 Å². The van der Waals surface area contributed by atoms with Gasteiger partial charge in [0.15, 0.2) is 0 Å². The van der Waals surface area contributed by atoms with Gasteiger partial charge in [-0.05, 0) is 30.9 Å². The molecule has 10 heteroatoms. The third-order valence-electron chi connectivity index (χ3n) is 3.20. The molecule has 8 nitrogen and oxygen atoms in total. The normalized spacial score (nSPS) is 12.0. The third kappa shape index (κ3) is 3.83. The van der Waals surface area contributed by atoms with Gasteiger partial charge in [0.05, 0.1) is 22.5 Å². The number of ether oxygens (including phenoxy) is 1. The predicted molar refractivity (Wildman–Crippen MR) is 80.0 cm³/mol. The fraction of sp³-hybridized carbons (Fsp3) is 0.286. The Morgan fingerprint density at radius 3 is 2.67 bits per heavy atom. The van der Waals surface area contributed by atoms with Gasteiger partial charge in [-0.1, -0.05) is 12.1 Å². The molecule has 2 aromatic rings. The minimum atomic E-state index is -3.03. The Hall–Kier alpha value is -3.04. The first-order valence-electron chi connectivity index (χ1n) is 6.85. The van der Waals surface area contributed by atoms with Crippen molar-refractivity contribution < 1.29 is 23.2 Å². The molecule has 1 N–H and O–H groups in total. The number of nitrogens with zero attached hydrogens (tertiary/aromatic N) is 3. The Morgan fingerprint density at radius 1 is 1.42 bits per heavy atom. The zero-order valence-corrected chi connectivity index (χ0v) is 12.8. The van der Waals surface area contributed by atoms with Gasteiger partial charge in [-0.3, -0.25) is 4.79 Å². The van der Waals surface area contributed by atoms with E-state index >= 15 is 0 Å². The zero-order chi connectivity index (χ0) is 17.9. The number of aryl methyl sites for hydroxylation is 1. The van der Waals surface area contributed by atoms with Crippen LogP contribution in [0.25, 0.3) is 0 Å². The van der Waals surface area contributed by atoms with E-state index in [9.17, 15) is 23.7 Å². The van der Waals surface area contributed by atoms with E-state index in [4.69, 9.17) is 0 Å². The van der Waals surface area contributed by atoms with Crippen molar-refractivity contribution in [3.05, 3.63) is 46.1 Å². The standard InChI is InChI=1S/C14H14F2N4O4/c1-8-7-12(20(22)23)18-19(8)9(2)13(21)17-10-5-3-4-6-11(10)24-14(15)16/h3-7,9,14H,1-2H3,(H,17,21). The van der Waals surface area contributed by atoms with Crippen molar-refractivity contribution in [1.82, 2.24) is 9.78 Å². The molecule has 128 valence electrons. The first-order valence-corrected chi connectivity index (χ1v) is 6.85. The molecule has 24 heavy (non-hydrogen) atoms. The van der Waals surface area contributed by atoms with E-state index in [1.54, 1.807) is 13.0 Å². The van der Waals surface area contributed by atoms with Gasteiger partial charge in [0.2, 0.25) is 0 Å². The number of aromatic nitrogens is 2. The smallest absolute Gasteiger partial charge is 0.390 e. The maximum atomic E-state index is 12.4. The summed E-state index contributed by atoms with van der Waals surface area (Å²) in [5.74, 6) is -1.15. The molecule has 0 radical (unpaired) electrons. The summed E-state index contributed by atoms with van der Waals surface area (Å²) in [6, 6.07) is 6.06. The number of nitro groups is 1. The van der Waals surface area contributed by atoms with Crippen LogP contribution < -0.4 is 10.1 Å². The molecular formula is C14H14F2N4O4. The molecule has 0 spiro atoms. The molecule has 0 aliphatic rings. The number of benzene rings is 1. The van der Waals surface area contributed by atoms with Crippen LogP contribution in [0.5, 0.6) is 5.75 Å². The maximum absolute atomic E-state index is 12.4. The lowest BCUT2D eigenvalue weighted by Crippen LogP contribution is -2.25. The number of amides is 1. The zero-order valence-electron chi connectivity index (χ0n) is 12.8. The van der Waals surface area contributed by atoms with Gasteiger partial charge in [0, 0.05) is 0 Å². The maximum Gasteiger partial charge on any atom is 0.390 e. The Kier molecular flexibility index (Phi) is 5.07. The van der Waals surface area contributed by atoms with Gasteiger partial charge in [0.1, 0.15) is 11.8 Å². The summed E-state index contributed by atoms with van der Waals surface area (Å²) in [6.07, 6.45) is 0. The van der Waals surface area contributed by atoms with Crippen LogP contribution in [-0.2, 0) is 4.79 Å². The second-order valence-electron chi connectivity index (χ2n) is 4.89. The van der Waals surface area contributed by atoms with Gasteiger partial charge >= 0.3 is 12.4 Å². The molecule has 0 saturated heterocycles. The summed E-state index contributed by atoms with van der Waals surface area (Å²) in [7, 11) is 0. The summed E-state index contributed by atoms with van der Waals surface area (Å²) in [4.78, 5) is 22.4. The van der Waals surface area contributed by atoms with Crippen molar-refractivity contribution in [1.29, 1.82) is 0 Å². The van der Waals surface area contributed by atoms with E-state index < -0.39 is 23.5 Å². The Morgan fingerprint density at radius 2 is 2.08 bits per heavy atom. The molecule has 0 fully saturated rings. The van der Waals surface area contributed by atoms with Gasteiger partial charge < -0.3 is 20.2 Å². The predicted octanol–water partition coefficient (Wildman–Crippen LogP) is 2.90. The van der Waals surface area contributed by atoms with Crippen LogP contribution in [-0.4, -0.2) is 27.2 Å². The van der Waals surface area contributed by atoms with Crippen LogP contribution in [0.4, 0.5) is 20.3 Å². The number of hydrogen-bond donors (Lipinski definition) is 1. The number of halogens is 2. The topological polar surface area (TPSA) is 99.3 Å². The van der Waals surface area contributed by atoms with Crippen LogP contribution in [0.15, 0.2) is 30.3 Å². The number of carbonyl (C=O) groups is 1. The number of carbonyl (C=O) groups excluding carboxylic acids is 1. The van der Waals surface area contributed by atoms with Crippen molar-refractivity contribution in [3.8, 4) is 5.75 Å². The van der Waals surface area contributed by atoms with Crippen LogP contribution in [0, 0.1) is 17.0 Å². The average Bonchev–Trinajstić information content (AvgIpc) is 2.90. The van der Waals surface area contributed by atoms with Crippen molar-refractivity contribution in [2.75, 3.05) is 5.32 Å². The molecule has 2 rings (SSSR count). The number of para-hydroxylation sites is 2. The lowest BCUT2D eigenvalue weighted by Gasteiger charge is -2.14. The molecule has 1 aromatic heterocycles. The van der Waals surface area contributed by atoms with E-state index in [2.05, 4.69) is 15.2 Å². The summed E-state index contributed by atoms with van der Waals surface area (Å²) in [5, 5.41) is 16.9. The summed E-state index contributed by atoms with van der Waals surface area (Å²) in [5.41, 5.74) is 0.482. The van der Waals surface area contributed by atoms with Crippen molar-refractivity contribution in [3.63, 3.8) is 0 Å². The molecule has 0 aliphatic carbocycles.